The Labute approximate surface area is 195 Å². The van der Waals surface area contributed by atoms with Gasteiger partial charge in [0.05, 0.1) is 15.9 Å². The van der Waals surface area contributed by atoms with Crippen LogP contribution in [0.15, 0.2) is 65.6 Å². The molecule has 8 nitrogen and oxygen atoms in total. The van der Waals surface area contributed by atoms with Crippen LogP contribution in [0.3, 0.4) is 0 Å². The van der Waals surface area contributed by atoms with Crippen molar-refractivity contribution in [1.82, 2.24) is 4.90 Å². The molecule has 1 N–H and O–H groups in total. The van der Waals surface area contributed by atoms with E-state index < -0.39 is 38.5 Å². The molecule has 3 aromatic carbocycles. The van der Waals surface area contributed by atoms with Gasteiger partial charge < -0.3 is 4.90 Å². The van der Waals surface area contributed by atoms with Crippen LogP contribution in [-0.2, 0) is 10.0 Å². The van der Waals surface area contributed by atoms with Crippen molar-refractivity contribution in [2.75, 3.05) is 11.8 Å². The van der Waals surface area contributed by atoms with Gasteiger partial charge in [0, 0.05) is 29.9 Å². The lowest BCUT2D eigenvalue weighted by molar-refractivity contribution is -0.385. The van der Waals surface area contributed by atoms with Crippen molar-refractivity contribution in [3.8, 4) is 0 Å². The molecule has 0 aliphatic rings. The summed E-state index contributed by atoms with van der Waals surface area (Å²) in [5.74, 6) is -2.41. The minimum atomic E-state index is -4.11. The van der Waals surface area contributed by atoms with E-state index in [0.717, 1.165) is 18.2 Å². The highest BCUT2D eigenvalue weighted by Crippen LogP contribution is 2.25. The van der Waals surface area contributed by atoms with Crippen molar-refractivity contribution in [2.45, 2.75) is 24.8 Å². The van der Waals surface area contributed by atoms with E-state index in [9.17, 15) is 32.1 Å². The van der Waals surface area contributed by atoms with Crippen molar-refractivity contribution in [1.29, 1.82) is 0 Å². The van der Waals surface area contributed by atoms with Crippen LogP contribution in [0.1, 0.15) is 34.5 Å². The second kappa shape index (κ2) is 9.56. The van der Waals surface area contributed by atoms with Crippen molar-refractivity contribution in [2.24, 2.45) is 0 Å². The molecule has 1 unspecified atom stereocenters. The highest BCUT2D eigenvalue weighted by molar-refractivity contribution is 7.92. The first-order chi connectivity index (χ1) is 15.9. The molecule has 34 heavy (non-hydrogen) atoms. The van der Waals surface area contributed by atoms with Crippen molar-refractivity contribution in [3.63, 3.8) is 0 Å². The maximum atomic E-state index is 13.5. The Morgan fingerprint density at radius 1 is 1.03 bits per heavy atom. The van der Waals surface area contributed by atoms with Gasteiger partial charge in [0.15, 0.2) is 11.6 Å². The van der Waals surface area contributed by atoms with E-state index in [-0.39, 0.29) is 21.8 Å². The predicted molar refractivity (Wildman–Crippen MR) is 122 cm³/mol. The van der Waals surface area contributed by atoms with Crippen LogP contribution in [0, 0.1) is 28.7 Å². The third kappa shape index (κ3) is 5.20. The number of sulfonamides is 1. The van der Waals surface area contributed by atoms with Crippen LogP contribution in [0.5, 0.6) is 0 Å². The molecular weight excluding hydrogens is 468 g/mol. The van der Waals surface area contributed by atoms with Crippen LogP contribution in [0.25, 0.3) is 0 Å². The molecule has 0 aliphatic heterocycles. The Kier molecular flexibility index (Phi) is 6.96. The maximum absolute atomic E-state index is 13.5. The number of aryl methyl sites for hydroxylation is 1. The monoisotopic (exact) mass is 489 g/mol. The van der Waals surface area contributed by atoms with Crippen molar-refractivity contribution in [3.05, 3.63) is 99.1 Å². The fraction of sp³-hybridized carbons (Fsp3) is 0.174. The summed E-state index contributed by atoms with van der Waals surface area (Å²) >= 11 is 0. The number of nitrogens with zero attached hydrogens (tertiary/aromatic N) is 2. The van der Waals surface area contributed by atoms with E-state index in [2.05, 4.69) is 4.72 Å². The summed E-state index contributed by atoms with van der Waals surface area (Å²) in [6, 6.07) is 12.0. The largest absolute Gasteiger partial charge is 0.335 e. The number of nitro benzene ring substituents is 1. The van der Waals surface area contributed by atoms with E-state index in [1.165, 1.54) is 61.3 Å². The fourth-order valence-corrected chi connectivity index (χ4v) is 4.30. The van der Waals surface area contributed by atoms with E-state index in [4.69, 9.17) is 0 Å². The fourth-order valence-electron chi connectivity index (χ4n) is 3.22. The van der Waals surface area contributed by atoms with Crippen molar-refractivity contribution >= 4 is 27.3 Å². The number of rotatable bonds is 7. The third-order valence-corrected chi connectivity index (χ3v) is 6.78. The van der Waals surface area contributed by atoms with Gasteiger partial charge >= 0.3 is 0 Å². The smallest absolute Gasteiger partial charge is 0.273 e. The van der Waals surface area contributed by atoms with E-state index in [1.54, 1.807) is 6.92 Å². The zero-order valence-corrected chi connectivity index (χ0v) is 19.3. The number of amides is 1. The Balaban J connectivity index is 1.76. The molecule has 0 heterocycles. The number of benzene rings is 3. The Hall–Kier alpha value is -3.86. The summed E-state index contributed by atoms with van der Waals surface area (Å²) in [5.41, 5.74) is 0.809. The number of halogens is 2. The van der Waals surface area contributed by atoms with Gasteiger partial charge in [0.25, 0.3) is 21.6 Å². The highest BCUT2D eigenvalue weighted by atomic mass is 32.2. The van der Waals surface area contributed by atoms with Crippen LogP contribution < -0.4 is 4.72 Å². The zero-order valence-electron chi connectivity index (χ0n) is 18.5. The van der Waals surface area contributed by atoms with Crippen LogP contribution >= 0.6 is 0 Å². The second-order valence-corrected chi connectivity index (χ2v) is 9.34. The van der Waals surface area contributed by atoms with Gasteiger partial charge in [0.2, 0.25) is 0 Å². The lowest BCUT2D eigenvalue weighted by Crippen LogP contribution is -2.29. The molecule has 0 bridgehead atoms. The first kappa shape index (κ1) is 24.8. The summed E-state index contributed by atoms with van der Waals surface area (Å²) in [7, 11) is -2.60. The average Bonchev–Trinajstić information content (AvgIpc) is 2.79. The summed E-state index contributed by atoms with van der Waals surface area (Å²) in [6.45, 7) is 3.16. The number of hydrogen-bond donors (Lipinski definition) is 1. The molecule has 11 heteroatoms. The van der Waals surface area contributed by atoms with Gasteiger partial charge in [-0.2, -0.15) is 0 Å². The average molecular weight is 490 g/mol. The molecule has 0 radical (unpaired) electrons. The van der Waals surface area contributed by atoms with Gasteiger partial charge in [-0.25, -0.2) is 17.2 Å². The molecule has 0 fully saturated rings. The summed E-state index contributed by atoms with van der Waals surface area (Å²) in [5, 5.41) is 11.1. The van der Waals surface area contributed by atoms with Crippen LogP contribution in [0.4, 0.5) is 20.2 Å². The van der Waals surface area contributed by atoms with Crippen LogP contribution in [-0.4, -0.2) is 31.2 Å². The van der Waals surface area contributed by atoms with Gasteiger partial charge in [-0.05, 0) is 61.9 Å². The lowest BCUT2D eigenvalue weighted by Gasteiger charge is -2.25. The molecule has 3 aromatic rings. The minimum Gasteiger partial charge on any atom is -0.335 e. The number of anilines is 1. The Morgan fingerprint density at radius 2 is 1.68 bits per heavy atom. The zero-order chi connectivity index (χ0) is 25.2. The normalized spacial score (nSPS) is 12.1. The number of nitro groups is 1. The van der Waals surface area contributed by atoms with E-state index in [1.807, 2.05) is 0 Å². The number of carbonyl (C=O) groups is 1. The molecule has 1 atom stereocenters. The lowest BCUT2D eigenvalue weighted by atomic mass is 10.1. The summed E-state index contributed by atoms with van der Waals surface area (Å²) in [6.07, 6.45) is 0. The number of nitrogens with one attached hydrogen (secondary N) is 1. The molecule has 178 valence electrons. The Bertz CT molecular complexity index is 1360. The van der Waals surface area contributed by atoms with E-state index >= 15 is 0 Å². The molecular formula is C23H21F2N3O5S. The standard InChI is InChI=1S/C23H21F2N3O5S/c1-14-4-10-19(13-22(14)28(30)31)34(32,33)26-18-8-5-16(6-9-18)23(29)27(3)15(2)17-7-11-20(24)21(25)12-17/h4-13,15,26H,1-3H3. The summed E-state index contributed by atoms with van der Waals surface area (Å²) < 4.78 is 54.3. The maximum Gasteiger partial charge on any atom is 0.273 e. The number of carbonyl (C=O) groups excluding carboxylic acids is 1. The first-order valence-electron chi connectivity index (χ1n) is 10.0. The van der Waals surface area contributed by atoms with Crippen molar-refractivity contribution < 1.29 is 26.9 Å². The molecule has 3 rings (SSSR count). The van der Waals surface area contributed by atoms with Gasteiger partial charge in [-0.15, -0.1) is 0 Å². The van der Waals surface area contributed by atoms with Crippen LogP contribution in [0.2, 0.25) is 0 Å². The van der Waals surface area contributed by atoms with E-state index in [0.29, 0.717) is 11.1 Å². The minimum absolute atomic E-state index is 0.149. The SMILES string of the molecule is Cc1ccc(S(=O)(=O)Nc2ccc(C(=O)N(C)C(C)c3ccc(F)c(F)c3)cc2)cc1[N+](=O)[O-]. The molecule has 0 aliphatic carbocycles. The molecule has 0 saturated heterocycles. The van der Waals surface area contributed by atoms with Gasteiger partial charge in [-0.3, -0.25) is 19.6 Å². The second-order valence-electron chi connectivity index (χ2n) is 7.65. The molecule has 0 saturated carbocycles. The molecule has 0 aromatic heterocycles. The predicted octanol–water partition coefficient (Wildman–Crippen LogP) is 4.82. The topological polar surface area (TPSA) is 110 Å². The third-order valence-electron chi connectivity index (χ3n) is 5.40. The highest BCUT2D eigenvalue weighted by Gasteiger charge is 2.22. The quantitative estimate of drug-likeness (QED) is 0.378. The van der Waals surface area contributed by atoms with Gasteiger partial charge in [0.1, 0.15) is 0 Å². The summed E-state index contributed by atoms with van der Waals surface area (Å²) in [4.78, 5) is 24.3. The Morgan fingerprint density at radius 3 is 2.26 bits per heavy atom. The number of hydrogen-bond acceptors (Lipinski definition) is 5. The molecule has 1 amide bonds. The first-order valence-corrected chi connectivity index (χ1v) is 11.5. The molecule has 0 spiro atoms. The van der Waals surface area contributed by atoms with Gasteiger partial charge in [-0.1, -0.05) is 12.1 Å².